The van der Waals surface area contributed by atoms with Gasteiger partial charge in [0.2, 0.25) is 11.7 Å². The fourth-order valence-electron chi connectivity index (χ4n) is 2.95. The molecule has 3 rings (SSSR count). The number of anilines is 1. The summed E-state index contributed by atoms with van der Waals surface area (Å²) in [5.74, 6) is 2.04. The van der Waals surface area contributed by atoms with E-state index >= 15 is 0 Å². The van der Waals surface area contributed by atoms with Crippen LogP contribution in [0.2, 0.25) is 0 Å². The van der Waals surface area contributed by atoms with E-state index in [-0.39, 0.29) is 12.5 Å². The van der Waals surface area contributed by atoms with E-state index in [1.165, 1.54) is 21.3 Å². The van der Waals surface area contributed by atoms with E-state index in [2.05, 4.69) is 5.32 Å². The van der Waals surface area contributed by atoms with Gasteiger partial charge in [-0.15, -0.1) is 0 Å². The Morgan fingerprint density at radius 1 is 0.926 bits per heavy atom. The van der Waals surface area contributed by atoms with E-state index < -0.39 is 0 Å². The van der Waals surface area contributed by atoms with Gasteiger partial charge in [-0.3, -0.25) is 4.79 Å². The summed E-state index contributed by atoms with van der Waals surface area (Å²) in [7, 11) is 6.22. The van der Waals surface area contributed by atoms with Gasteiger partial charge in [-0.05, 0) is 24.3 Å². The lowest BCUT2D eigenvalue weighted by Crippen LogP contribution is -2.18. The first-order valence-electron chi connectivity index (χ1n) is 8.32. The number of nitrogens with one attached hydrogen (secondary N) is 1. The smallest absolute Gasteiger partial charge is 0.244 e. The third kappa shape index (κ3) is 3.76. The molecule has 27 heavy (non-hydrogen) atoms. The highest BCUT2D eigenvalue weighted by atomic mass is 16.5. The molecule has 0 radical (unpaired) electrons. The SMILES string of the molecule is COc1ccc2c(ccn2CC(=O)Nc2cc(OC)c(OC)c(OC)c2)c1. The predicted octanol–water partition coefficient (Wildman–Crippen LogP) is 3.31. The summed E-state index contributed by atoms with van der Waals surface area (Å²) in [5.41, 5.74) is 1.52. The monoisotopic (exact) mass is 370 g/mol. The van der Waals surface area contributed by atoms with E-state index in [1.54, 1.807) is 19.2 Å². The van der Waals surface area contributed by atoms with E-state index in [1.807, 2.05) is 35.0 Å². The van der Waals surface area contributed by atoms with Crippen molar-refractivity contribution in [2.45, 2.75) is 6.54 Å². The van der Waals surface area contributed by atoms with Gasteiger partial charge in [-0.25, -0.2) is 0 Å². The van der Waals surface area contributed by atoms with Crippen LogP contribution in [-0.4, -0.2) is 38.9 Å². The molecule has 1 heterocycles. The highest BCUT2D eigenvalue weighted by Crippen LogP contribution is 2.39. The number of ether oxygens (including phenoxy) is 4. The van der Waals surface area contributed by atoms with Crippen molar-refractivity contribution in [3.05, 3.63) is 42.6 Å². The van der Waals surface area contributed by atoms with Crippen molar-refractivity contribution in [2.24, 2.45) is 0 Å². The lowest BCUT2D eigenvalue weighted by Gasteiger charge is -2.15. The van der Waals surface area contributed by atoms with Crippen LogP contribution < -0.4 is 24.3 Å². The van der Waals surface area contributed by atoms with Crippen molar-refractivity contribution in [2.75, 3.05) is 33.8 Å². The molecular weight excluding hydrogens is 348 g/mol. The van der Waals surface area contributed by atoms with Crippen LogP contribution in [0.15, 0.2) is 42.6 Å². The Morgan fingerprint density at radius 2 is 1.63 bits per heavy atom. The van der Waals surface area contributed by atoms with Crippen LogP contribution in [0.3, 0.4) is 0 Å². The second kappa shape index (κ2) is 7.90. The average Bonchev–Trinajstić information content (AvgIpc) is 3.08. The van der Waals surface area contributed by atoms with Gasteiger partial charge in [0.15, 0.2) is 11.5 Å². The van der Waals surface area contributed by atoms with Crippen LogP contribution >= 0.6 is 0 Å². The van der Waals surface area contributed by atoms with Crippen molar-refractivity contribution < 1.29 is 23.7 Å². The zero-order valence-electron chi connectivity index (χ0n) is 15.7. The summed E-state index contributed by atoms with van der Waals surface area (Å²) in [5, 5.41) is 3.88. The molecule has 0 unspecified atom stereocenters. The molecule has 0 spiro atoms. The minimum absolute atomic E-state index is 0.169. The summed E-state index contributed by atoms with van der Waals surface area (Å²) in [6.07, 6.45) is 1.87. The number of hydrogen-bond acceptors (Lipinski definition) is 5. The molecular formula is C20H22N2O5. The fourth-order valence-corrected chi connectivity index (χ4v) is 2.95. The Hall–Kier alpha value is -3.35. The van der Waals surface area contributed by atoms with Crippen molar-refractivity contribution in [1.82, 2.24) is 4.57 Å². The zero-order chi connectivity index (χ0) is 19.4. The van der Waals surface area contributed by atoms with Crippen LogP contribution in [0.25, 0.3) is 10.9 Å². The molecule has 0 atom stereocenters. The second-order valence-corrected chi connectivity index (χ2v) is 5.83. The number of amides is 1. The molecule has 7 heteroatoms. The Bertz CT molecular complexity index is 939. The predicted molar refractivity (Wildman–Crippen MR) is 103 cm³/mol. The maximum Gasteiger partial charge on any atom is 0.244 e. The van der Waals surface area contributed by atoms with Gasteiger partial charge in [0.05, 0.1) is 28.4 Å². The summed E-state index contributed by atoms with van der Waals surface area (Å²) in [6.45, 7) is 0.173. The van der Waals surface area contributed by atoms with Gasteiger partial charge < -0.3 is 28.8 Å². The molecule has 0 saturated heterocycles. The number of rotatable bonds is 7. The van der Waals surface area contributed by atoms with E-state index in [0.717, 1.165) is 16.7 Å². The highest BCUT2D eigenvalue weighted by molar-refractivity contribution is 5.93. The molecule has 1 amide bonds. The summed E-state index contributed by atoms with van der Waals surface area (Å²) < 4.78 is 23.0. The molecule has 7 nitrogen and oxygen atoms in total. The molecule has 0 saturated carbocycles. The Balaban J connectivity index is 1.80. The number of carbonyl (C=O) groups is 1. The topological polar surface area (TPSA) is 71.0 Å². The Morgan fingerprint density at radius 3 is 2.22 bits per heavy atom. The van der Waals surface area contributed by atoms with Crippen molar-refractivity contribution >= 4 is 22.5 Å². The molecule has 142 valence electrons. The quantitative estimate of drug-likeness (QED) is 0.691. The third-order valence-corrected chi connectivity index (χ3v) is 4.24. The molecule has 0 aliphatic rings. The normalized spacial score (nSPS) is 10.5. The number of fused-ring (bicyclic) bond motifs is 1. The van der Waals surface area contributed by atoms with Crippen LogP contribution in [0.1, 0.15) is 0 Å². The standard InChI is InChI=1S/C20H22N2O5/c1-24-15-5-6-16-13(9-15)7-8-22(16)12-19(23)21-14-10-17(25-2)20(27-4)18(11-14)26-3/h5-11H,12H2,1-4H3,(H,21,23). The minimum atomic E-state index is -0.169. The summed E-state index contributed by atoms with van der Waals surface area (Å²) >= 11 is 0. The maximum atomic E-state index is 12.5. The fraction of sp³-hybridized carbons (Fsp3) is 0.250. The van der Waals surface area contributed by atoms with Crippen molar-refractivity contribution in [3.8, 4) is 23.0 Å². The van der Waals surface area contributed by atoms with Gasteiger partial charge in [0, 0.05) is 34.9 Å². The zero-order valence-corrected chi connectivity index (χ0v) is 15.7. The number of carbonyl (C=O) groups excluding carboxylic acids is 1. The van der Waals surface area contributed by atoms with E-state index in [0.29, 0.717) is 22.9 Å². The number of methoxy groups -OCH3 is 4. The van der Waals surface area contributed by atoms with Gasteiger partial charge in [0.25, 0.3) is 0 Å². The minimum Gasteiger partial charge on any atom is -0.497 e. The summed E-state index contributed by atoms with van der Waals surface area (Å²) in [4.78, 5) is 12.5. The number of benzene rings is 2. The molecule has 1 aromatic heterocycles. The average molecular weight is 370 g/mol. The van der Waals surface area contributed by atoms with Gasteiger partial charge >= 0.3 is 0 Å². The number of hydrogen-bond donors (Lipinski definition) is 1. The van der Waals surface area contributed by atoms with Gasteiger partial charge in [-0.2, -0.15) is 0 Å². The highest BCUT2D eigenvalue weighted by Gasteiger charge is 2.15. The van der Waals surface area contributed by atoms with E-state index in [9.17, 15) is 4.79 Å². The van der Waals surface area contributed by atoms with Crippen LogP contribution in [0.4, 0.5) is 5.69 Å². The first-order chi connectivity index (χ1) is 13.1. The third-order valence-electron chi connectivity index (χ3n) is 4.24. The number of nitrogens with zero attached hydrogens (tertiary/aromatic N) is 1. The molecule has 0 fully saturated rings. The summed E-state index contributed by atoms with van der Waals surface area (Å²) in [6, 6.07) is 11.1. The molecule has 2 aromatic carbocycles. The largest absolute Gasteiger partial charge is 0.497 e. The van der Waals surface area contributed by atoms with Gasteiger partial charge in [0.1, 0.15) is 12.3 Å². The Labute approximate surface area is 157 Å². The van der Waals surface area contributed by atoms with Crippen LogP contribution in [0, 0.1) is 0 Å². The molecule has 3 aromatic rings. The maximum absolute atomic E-state index is 12.5. The second-order valence-electron chi connectivity index (χ2n) is 5.83. The van der Waals surface area contributed by atoms with E-state index in [4.69, 9.17) is 18.9 Å². The first-order valence-corrected chi connectivity index (χ1v) is 8.32. The Kier molecular flexibility index (Phi) is 5.40. The van der Waals surface area contributed by atoms with Crippen LogP contribution in [0.5, 0.6) is 23.0 Å². The van der Waals surface area contributed by atoms with Crippen LogP contribution in [-0.2, 0) is 11.3 Å². The molecule has 0 aliphatic carbocycles. The lowest BCUT2D eigenvalue weighted by molar-refractivity contribution is -0.116. The number of aromatic nitrogens is 1. The van der Waals surface area contributed by atoms with Gasteiger partial charge in [-0.1, -0.05) is 0 Å². The molecule has 0 bridgehead atoms. The van der Waals surface area contributed by atoms with Crippen molar-refractivity contribution in [1.29, 1.82) is 0 Å². The lowest BCUT2D eigenvalue weighted by atomic mass is 10.2. The van der Waals surface area contributed by atoms with Crippen molar-refractivity contribution in [3.63, 3.8) is 0 Å². The molecule has 0 aliphatic heterocycles. The first kappa shape index (κ1) is 18.4. The molecule has 1 N–H and O–H groups in total.